The van der Waals surface area contributed by atoms with E-state index in [-0.39, 0.29) is 5.56 Å². The quantitative estimate of drug-likeness (QED) is 0.684. The Bertz CT molecular complexity index is 595. The molecule has 0 amide bonds. The summed E-state index contributed by atoms with van der Waals surface area (Å²) in [6.07, 6.45) is 0. The Morgan fingerprint density at radius 1 is 1.24 bits per heavy atom. The minimum absolute atomic E-state index is 0.138. The Morgan fingerprint density at radius 2 is 1.94 bits per heavy atom. The van der Waals surface area contributed by atoms with Gasteiger partial charge in [0.2, 0.25) is 5.78 Å². The van der Waals surface area contributed by atoms with Crippen molar-refractivity contribution in [2.45, 2.75) is 0 Å². The second-order valence-corrected chi connectivity index (χ2v) is 5.71. The summed E-state index contributed by atoms with van der Waals surface area (Å²) in [6.45, 7) is 0. The van der Waals surface area contributed by atoms with E-state index in [1.165, 1.54) is 11.3 Å². The summed E-state index contributed by atoms with van der Waals surface area (Å²) in [4.78, 5) is 12.4. The van der Waals surface area contributed by atoms with Gasteiger partial charge < -0.3 is 0 Å². The van der Waals surface area contributed by atoms with Crippen LogP contribution in [-0.2, 0) is 0 Å². The molecule has 1 nitrogen and oxygen atoms in total. The summed E-state index contributed by atoms with van der Waals surface area (Å²) in [5.41, 5.74) is -0.138. The summed E-state index contributed by atoms with van der Waals surface area (Å²) in [5, 5.41) is 1.72. The fourth-order valence-corrected chi connectivity index (χ4v) is 3.38. The highest BCUT2D eigenvalue weighted by molar-refractivity contribution is 9.13. The van der Waals surface area contributed by atoms with Crippen LogP contribution < -0.4 is 0 Å². The molecule has 0 aliphatic heterocycles. The average Bonchev–Trinajstić information content (AvgIpc) is 2.59. The zero-order valence-electron chi connectivity index (χ0n) is 8.14. The summed E-state index contributed by atoms with van der Waals surface area (Å²) in [6, 6.07) is 2.91. The maximum atomic E-state index is 13.4. The SMILES string of the molecule is O=C(c1ccc(F)cc1F)c1scc(Br)c1Br. The van der Waals surface area contributed by atoms with Crippen LogP contribution in [-0.4, -0.2) is 5.78 Å². The van der Waals surface area contributed by atoms with Crippen molar-refractivity contribution < 1.29 is 13.6 Å². The third-order valence-corrected chi connectivity index (χ3v) is 5.60. The van der Waals surface area contributed by atoms with Gasteiger partial charge >= 0.3 is 0 Å². The number of halogens is 4. The van der Waals surface area contributed by atoms with Gasteiger partial charge in [0.25, 0.3) is 0 Å². The number of thiophene rings is 1. The van der Waals surface area contributed by atoms with Crippen LogP contribution in [0.2, 0.25) is 0 Å². The van der Waals surface area contributed by atoms with Crippen LogP contribution in [0.5, 0.6) is 0 Å². The molecule has 2 rings (SSSR count). The van der Waals surface area contributed by atoms with Gasteiger partial charge in [-0.3, -0.25) is 4.79 Å². The standard InChI is InChI=1S/C11H4Br2F2OS/c12-7-4-17-11(9(7)13)10(16)6-2-1-5(14)3-8(6)15/h1-4H. The van der Waals surface area contributed by atoms with Gasteiger partial charge in [0.05, 0.1) is 14.9 Å². The van der Waals surface area contributed by atoms with Crippen molar-refractivity contribution in [2.75, 3.05) is 0 Å². The first kappa shape index (κ1) is 12.9. The Balaban J connectivity index is 2.47. The normalized spacial score (nSPS) is 10.6. The molecule has 0 atom stereocenters. The first-order chi connectivity index (χ1) is 8.00. The molecule has 1 heterocycles. The van der Waals surface area contributed by atoms with E-state index in [9.17, 15) is 13.6 Å². The van der Waals surface area contributed by atoms with Gasteiger partial charge in [-0.15, -0.1) is 11.3 Å². The predicted molar refractivity (Wildman–Crippen MR) is 69.5 cm³/mol. The summed E-state index contributed by atoms with van der Waals surface area (Å²) >= 11 is 7.67. The van der Waals surface area contributed by atoms with Crippen molar-refractivity contribution in [3.8, 4) is 0 Å². The molecule has 6 heteroatoms. The van der Waals surface area contributed by atoms with Gasteiger partial charge in [-0.05, 0) is 44.0 Å². The van der Waals surface area contributed by atoms with Crippen LogP contribution >= 0.6 is 43.2 Å². The molecule has 0 spiro atoms. The minimum atomic E-state index is -0.855. The van der Waals surface area contributed by atoms with Crippen LogP contribution in [0.15, 0.2) is 32.5 Å². The molecule has 0 unspecified atom stereocenters. The number of hydrogen-bond acceptors (Lipinski definition) is 2. The highest BCUT2D eigenvalue weighted by Gasteiger charge is 2.20. The average molecular weight is 382 g/mol. The smallest absolute Gasteiger partial charge is 0.207 e. The van der Waals surface area contributed by atoms with Crippen LogP contribution in [0.25, 0.3) is 0 Å². The van der Waals surface area contributed by atoms with Gasteiger partial charge in [-0.25, -0.2) is 8.78 Å². The zero-order chi connectivity index (χ0) is 12.6. The van der Waals surface area contributed by atoms with Crippen molar-refractivity contribution in [1.29, 1.82) is 0 Å². The number of ketones is 1. The lowest BCUT2D eigenvalue weighted by atomic mass is 10.1. The second kappa shape index (κ2) is 4.96. The summed E-state index contributed by atoms with van der Waals surface area (Å²) in [7, 11) is 0. The van der Waals surface area contributed by atoms with Crippen LogP contribution in [0, 0.1) is 11.6 Å². The van der Waals surface area contributed by atoms with E-state index in [0.717, 1.165) is 16.6 Å². The molecular weight excluding hydrogens is 378 g/mol. The third kappa shape index (κ3) is 2.48. The topological polar surface area (TPSA) is 17.1 Å². The molecule has 2 aromatic rings. The maximum absolute atomic E-state index is 13.4. The lowest BCUT2D eigenvalue weighted by Gasteiger charge is -2.01. The van der Waals surface area contributed by atoms with Crippen molar-refractivity contribution in [3.05, 3.63) is 54.6 Å². The van der Waals surface area contributed by atoms with Gasteiger partial charge in [-0.1, -0.05) is 0 Å². The number of benzene rings is 1. The molecule has 0 aliphatic carbocycles. The van der Waals surface area contributed by atoms with E-state index in [2.05, 4.69) is 31.9 Å². The fraction of sp³-hybridized carbons (Fsp3) is 0. The van der Waals surface area contributed by atoms with Crippen LogP contribution in [0.4, 0.5) is 8.78 Å². The highest BCUT2D eigenvalue weighted by Crippen LogP contribution is 2.34. The van der Waals surface area contributed by atoms with Gasteiger partial charge in [-0.2, -0.15) is 0 Å². The molecule has 0 bridgehead atoms. The van der Waals surface area contributed by atoms with Gasteiger partial charge in [0.15, 0.2) is 0 Å². The Kier molecular flexibility index (Phi) is 3.75. The number of rotatable bonds is 2. The van der Waals surface area contributed by atoms with E-state index >= 15 is 0 Å². The van der Waals surface area contributed by atoms with Crippen molar-refractivity contribution in [2.24, 2.45) is 0 Å². The van der Waals surface area contributed by atoms with E-state index < -0.39 is 17.4 Å². The van der Waals surface area contributed by atoms with E-state index in [1.807, 2.05) is 0 Å². The molecule has 0 N–H and O–H groups in total. The lowest BCUT2D eigenvalue weighted by Crippen LogP contribution is -2.03. The van der Waals surface area contributed by atoms with Crippen molar-refractivity contribution in [3.63, 3.8) is 0 Å². The molecule has 88 valence electrons. The zero-order valence-corrected chi connectivity index (χ0v) is 12.1. The van der Waals surface area contributed by atoms with Crippen LogP contribution in [0.3, 0.4) is 0 Å². The summed E-state index contributed by atoms with van der Waals surface area (Å²) < 4.78 is 27.5. The first-order valence-corrected chi connectivity index (χ1v) is 6.89. The van der Waals surface area contributed by atoms with Gasteiger partial charge in [0, 0.05) is 15.9 Å². The highest BCUT2D eigenvalue weighted by atomic mass is 79.9. The van der Waals surface area contributed by atoms with Gasteiger partial charge in [0.1, 0.15) is 11.6 Å². The molecule has 17 heavy (non-hydrogen) atoms. The van der Waals surface area contributed by atoms with E-state index in [0.29, 0.717) is 15.4 Å². The first-order valence-electron chi connectivity index (χ1n) is 4.43. The number of hydrogen-bond donors (Lipinski definition) is 0. The third-order valence-electron chi connectivity index (χ3n) is 2.07. The lowest BCUT2D eigenvalue weighted by molar-refractivity contribution is 0.103. The fourth-order valence-electron chi connectivity index (χ4n) is 1.27. The maximum Gasteiger partial charge on any atom is 0.207 e. The van der Waals surface area contributed by atoms with Crippen molar-refractivity contribution in [1.82, 2.24) is 0 Å². The molecule has 0 saturated carbocycles. The van der Waals surface area contributed by atoms with Crippen LogP contribution in [0.1, 0.15) is 15.2 Å². The number of carbonyl (C=O) groups is 1. The largest absolute Gasteiger partial charge is 0.288 e. The molecular formula is C11H4Br2F2OS. The molecule has 0 fully saturated rings. The van der Waals surface area contributed by atoms with E-state index in [4.69, 9.17) is 0 Å². The molecule has 1 aromatic carbocycles. The molecule has 0 saturated heterocycles. The molecule has 1 aromatic heterocycles. The summed E-state index contributed by atoms with van der Waals surface area (Å²) in [5.74, 6) is -2.03. The Labute approximate surface area is 117 Å². The second-order valence-electron chi connectivity index (χ2n) is 3.18. The predicted octanol–water partition coefficient (Wildman–Crippen LogP) is 4.78. The number of carbonyl (C=O) groups excluding carboxylic acids is 1. The Morgan fingerprint density at radius 3 is 2.47 bits per heavy atom. The Hall–Kier alpha value is -0.590. The molecule has 0 radical (unpaired) electrons. The van der Waals surface area contributed by atoms with Crippen molar-refractivity contribution >= 4 is 49.0 Å². The minimum Gasteiger partial charge on any atom is -0.288 e. The van der Waals surface area contributed by atoms with E-state index in [1.54, 1.807) is 5.38 Å². The monoisotopic (exact) mass is 380 g/mol. The molecule has 0 aliphatic rings.